The van der Waals surface area contributed by atoms with Crippen molar-refractivity contribution >= 4 is 11.7 Å². The predicted molar refractivity (Wildman–Crippen MR) is 93.6 cm³/mol. The first-order valence-electron chi connectivity index (χ1n) is 9.12. The van der Waals surface area contributed by atoms with Crippen LogP contribution in [-0.4, -0.2) is 45.1 Å². The number of carbonyl (C=O) groups excluding carboxylic acids is 1. The first-order chi connectivity index (χ1) is 12.1. The highest BCUT2D eigenvalue weighted by molar-refractivity contribution is 5.91. The molecule has 25 heavy (non-hydrogen) atoms. The van der Waals surface area contributed by atoms with E-state index in [0.717, 1.165) is 38.2 Å². The number of fused-ring (bicyclic) bond motifs is 1. The molecule has 2 aliphatic rings. The number of aryl methyl sites for hydroxylation is 3. The number of amides is 1. The van der Waals surface area contributed by atoms with Gasteiger partial charge in [0.1, 0.15) is 11.6 Å². The van der Waals surface area contributed by atoms with Gasteiger partial charge >= 0.3 is 0 Å². The van der Waals surface area contributed by atoms with Gasteiger partial charge < -0.3 is 14.4 Å². The summed E-state index contributed by atoms with van der Waals surface area (Å²) < 4.78 is 7.42. The third-order valence-electron chi connectivity index (χ3n) is 5.22. The lowest BCUT2D eigenvalue weighted by molar-refractivity contribution is -0.117. The monoisotopic (exact) mass is 343 g/mol. The van der Waals surface area contributed by atoms with Crippen LogP contribution in [0.3, 0.4) is 0 Å². The normalized spacial score (nSPS) is 20.6. The lowest BCUT2D eigenvalue weighted by Crippen LogP contribution is -2.32. The van der Waals surface area contributed by atoms with Gasteiger partial charge in [-0.2, -0.15) is 0 Å². The molecule has 0 radical (unpaired) electrons. The third-order valence-corrected chi connectivity index (χ3v) is 5.22. The van der Waals surface area contributed by atoms with Gasteiger partial charge in [0.2, 0.25) is 5.91 Å². The van der Waals surface area contributed by atoms with E-state index in [-0.39, 0.29) is 5.91 Å². The van der Waals surface area contributed by atoms with E-state index in [1.54, 1.807) is 6.07 Å². The molecule has 1 aliphatic carbocycles. The molecule has 1 saturated heterocycles. The Kier molecular flexibility index (Phi) is 4.33. The molecular formula is C18H25N5O2. The zero-order valence-corrected chi connectivity index (χ0v) is 14.9. The third kappa shape index (κ3) is 3.33. The summed E-state index contributed by atoms with van der Waals surface area (Å²) in [5.74, 6) is 2.26. The fourth-order valence-corrected chi connectivity index (χ4v) is 4.16. The molecule has 0 unspecified atom stereocenters. The average molecular weight is 343 g/mol. The van der Waals surface area contributed by atoms with E-state index in [0.29, 0.717) is 24.2 Å². The van der Waals surface area contributed by atoms with Crippen LogP contribution in [0.2, 0.25) is 0 Å². The number of nitrogens with zero attached hydrogens (tertiary/aromatic N) is 4. The Hall–Kier alpha value is -2.15. The van der Waals surface area contributed by atoms with Crippen molar-refractivity contribution in [3.63, 3.8) is 0 Å². The number of anilines is 1. The maximum absolute atomic E-state index is 12.2. The number of nitrogens with one attached hydrogen (secondary N) is 1. The van der Waals surface area contributed by atoms with E-state index >= 15 is 0 Å². The largest absolute Gasteiger partial charge is 0.360 e. The van der Waals surface area contributed by atoms with Crippen LogP contribution < -0.4 is 5.32 Å². The predicted octanol–water partition coefficient (Wildman–Crippen LogP) is 2.25. The average Bonchev–Trinajstić information content (AvgIpc) is 3.26. The molecular weight excluding hydrogens is 318 g/mol. The summed E-state index contributed by atoms with van der Waals surface area (Å²) in [5.41, 5.74) is 2.72. The molecule has 0 aromatic carbocycles. The Morgan fingerprint density at radius 1 is 1.36 bits per heavy atom. The Morgan fingerprint density at radius 2 is 2.20 bits per heavy atom. The van der Waals surface area contributed by atoms with E-state index in [9.17, 15) is 4.79 Å². The van der Waals surface area contributed by atoms with Gasteiger partial charge in [-0.3, -0.25) is 9.69 Å². The van der Waals surface area contributed by atoms with Crippen molar-refractivity contribution in [2.75, 3.05) is 25.0 Å². The van der Waals surface area contributed by atoms with Crippen LogP contribution in [0.5, 0.6) is 0 Å². The van der Waals surface area contributed by atoms with E-state index in [2.05, 4.69) is 26.9 Å². The Morgan fingerprint density at radius 3 is 3.00 bits per heavy atom. The van der Waals surface area contributed by atoms with Gasteiger partial charge in [0.25, 0.3) is 0 Å². The summed E-state index contributed by atoms with van der Waals surface area (Å²) in [6, 6.07) is 2.16. The van der Waals surface area contributed by atoms with Crippen molar-refractivity contribution in [2.24, 2.45) is 0 Å². The highest BCUT2D eigenvalue weighted by Gasteiger charge is 2.29. The zero-order valence-electron chi connectivity index (χ0n) is 14.9. The summed E-state index contributed by atoms with van der Waals surface area (Å²) in [7, 11) is 0. The SMILES string of the molecule is Cc1cc(NC(=O)CN2CC[C@H](n3c(C)nc4c3CCCC4)C2)no1. The molecule has 1 fully saturated rings. The molecule has 1 amide bonds. The summed E-state index contributed by atoms with van der Waals surface area (Å²) in [4.78, 5) is 19.2. The molecule has 0 bridgehead atoms. The summed E-state index contributed by atoms with van der Waals surface area (Å²) in [6.07, 6.45) is 5.83. The van der Waals surface area contributed by atoms with E-state index in [1.165, 1.54) is 24.2 Å². The van der Waals surface area contributed by atoms with Crippen LogP contribution in [-0.2, 0) is 17.6 Å². The smallest absolute Gasteiger partial charge is 0.239 e. The van der Waals surface area contributed by atoms with Crippen LogP contribution in [0.25, 0.3) is 0 Å². The minimum atomic E-state index is -0.0432. The minimum absolute atomic E-state index is 0.0432. The molecule has 134 valence electrons. The van der Waals surface area contributed by atoms with Gasteiger partial charge in [0.15, 0.2) is 5.82 Å². The van der Waals surface area contributed by atoms with Crippen molar-refractivity contribution in [2.45, 2.75) is 52.0 Å². The molecule has 1 N–H and O–H groups in total. The fraction of sp³-hybridized carbons (Fsp3) is 0.611. The molecule has 4 rings (SSSR count). The minimum Gasteiger partial charge on any atom is -0.360 e. The van der Waals surface area contributed by atoms with Crippen molar-refractivity contribution in [1.29, 1.82) is 0 Å². The molecule has 7 heteroatoms. The Labute approximate surface area is 147 Å². The van der Waals surface area contributed by atoms with Gasteiger partial charge in [-0.1, -0.05) is 5.16 Å². The zero-order chi connectivity index (χ0) is 17.4. The number of imidazole rings is 1. The lowest BCUT2D eigenvalue weighted by Gasteiger charge is -2.21. The molecule has 1 atom stereocenters. The van der Waals surface area contributed by atoms with Crippen molar-refractivity contribution < 1.29 is 9.32 Å². The van der Waals surface area contributed by atoms with Crippen molar-refractivity contribution in [3.8, 4) is 0 Å². The number of aromatic nitrogens is 3. The molecule has 7 nitrogen and oxygen atoms in total. The molecule has 2 aromatic rings. The van der Waals surface area contributed by atoms with Crippen LogP contribution in [0, 0.1) is 13.8 Å². The quantitative estimate of drug-likeness (QED) is 0.921. The van der Waals surface area contributed by atoms with Crippen LogP contribution in [0.15, 0.2) is 10.6 Å². The first-order valence-corrected chi connectivity index (χ1v) is 9.12. The molecule has 1 aliphatic heterocycles. The number of carbonyl (C=O) groups is 1. The number of likely N-dealkylation sites (tertiary alicyclic amines) is 1. The fourth-order valence-electron chi connectivity index (χ4n) is 4.16. The second-order valence-electron chi connectivity index (χ2n) is 7.18. The Balaban J connectivity index is 1.38. The number of hydrogen-bond acceptors (Lipinski definition) is 5. The van der Waals surface area contributed by atoms with E-state index < -0.39 is 0 Å². The van der Waals surface area contributed by atoms with Gasteiger partial charge in [0, 0.05) is 30.9 Å². The maximum Gasteiger partial charge on any atom is 0.239 e. The first kappa shape index (κ1) is 16.3. The van der Waals surface area contributed by atoms with E-state index in [4.69, 9.17) is 9.51 Å². The van der Waals surface area contributed by atoms with Crippen LogP contribution in [0.4, 0.5) is 5.82 Å². The van der Waals surface area contributed by atoms with Gasteiger partial charge in [-0.05, 0) is 46.0 Å². The standard InChI is InChI=1S/C18H25N5O2/c1-12-9-17(21-25-12)20-18(24)11-22-8-7-14(10-22)23-13(2)19-15-5-3-4-6-16(15)23/h9,14H,3-8,10-11H2,1-2H3,(H,20,21,24)/t14-/m0/s1. The van der Waals surface area contributed by atoms with Crippen LogP contribution in [0.1, 0.15) is 48.3 Å². The van der Waals surface area contributed by atoms with Crippen molar-refractivity contribution in [1.82, 2.24) is 19.6 Å². The number of rotatable bonds is 4. The van der Waals surface area contributed by atoms with E-state index in [1.807, 2.05) is 6.92 Å². The lowest BCUT2D eigenvalue weighted by atomic mass is 10.0. The second-order valence-corrected chi connectivity index (χ2v) is 7.18. The van der Waals surface area contributed by atoms with Gasteiger partial charge in [-0.25, -0.2) is 4.98 Å². The highest BCUT2D eigenvalue weighted by atomic mass is 16.5. The summed E-state index contributed by atoms with van der Waals surface area (Å²) >= 11 is 0. The molecule has 0 spiro atoms. The van der Waals surface area contributed by atoms with Gasteiger partial charge in [0.05, 0.1) is 12.2 Å². The molecule has 2 aromatic heterocycles. The maximum atomic E-state index is 12.2. The van der Waals surface area contributed by atoms with Gasteiger partial charge in [-0.15, -0.1) is 0 Å². The van der Waals surface area contributed by atoms with Crippen LogP contribution >= 0.6 is 0 Å². The number of hydrogen-bond donors (Lipinski definition) is 1. The Bertz CT molecular complexity index is 779. The molecule has 0 saturated carbocycles. The summed E-state index contributed by atoms with van der Waals surface area (Å²) in [6.45, 7) is 6.14. The van der Waals surface area contributed by atoms with Crippen molar-refractivity contribution in [3.05, 3.63) is 29.0 Å². The summed E-state index contributed by atoms with van der Waals surface area (Å²) in [5, 5.41) is 6.60. The highest BCUT2D eigenvalue weighted by Crippen LogP contribution is 2.30. The molecule has 3 heterocycles. The second kappa shape index (κ2) is 6.63. The topological polar surface area (TPSA) is 76.2 Å².